The Kier molecular flexibility index (Phi) is 10.0. The van der Waals surface area contributed by atoms with E-state index in [1.165, 1.54) is 24.1 Å². The molecule has 9 heteroatoms. The molecule has 0 saturated heterocycles. The monoisotopic (exact) mass is 603 g/mol. The molecule has 7 nitrogen and oxygen atoms in total. The summed E-state index contributed by atoms with van der Waals surface area (Å²) in [5.41, 5.74) is 3.62. The quantitative estimate of drug-likeness (QED) is 0.244. The Morgan fingerprint density at radius 2 is 1.48 bits per heavy atom. The molecule has 4 rings (SSSR count). The molecule has 0 bridgehead atoms. The van der Waals surface area contributed by atoms with Gasteiger partial charge in [-0.2, -0.15) is 0 Å². The molecule has 0 spiro atoms. The van der Waals surface area contributed by atoms with Crippen molar-refractivity contribution in [2.75, 3.05) is 17.9 Å². The van der Waals surface area contributed by atoms with Crippen LogP contribution in [-0.4, -0.2) is 44.8 Å². The van der Waals surface area contributed by atoms with Crippen molar-refractivity contribution < 1.29 is 18.0 Å². The third kappa shape index (κ3) is 7.38. The molecule has 2 amide bonds. The number of amides is 2. The number of hydrogen-bond donors (Lipinski definition) is 1. The van der Waals surface area contributed by atoms with Crippen molar-refractivity contribution in [2.24, 2.45) is 0 Å². The van der Waals surface area contributed by atoms with Crippen LogP contribution in [0.3, 0.4) is 0 Å². The molecule has 4 aromatic carbocycles. The second-order valence-electron chi connectivity index (χ2n) is 10.1. The molecule has 0 radical (unpaired) electrons. The molecular formula is C33H34ClN3O4S. The van der Waals surface area contributed by atoms with Crippen molar-refractivity contribution in [3.8, 4) is 0 Å². The minimum absolute atomic E-state index is 0.0459. The van der Waals surface area contributed by atoms with Gasteiger partial charge in [0.1, 0.15) is 12.6 Å². The molecule has 218 valence electrons. The molecule has 0 heterocycles. The summed E-state index contributed by atoms with van der Waals surface area (Å²) in [6.07, 6.45) is 0.253. The van der Waals surface area contributed by atoms with Crippen LogP contribution in [-0.2, 0) is 32.6 Å². The first-order valence-electron chi connectivity index (χ1n) is 13.5. The average Bonchev–Trinajstić information content (AvgIpc) is 2.98. The van der Waals surface area contributed by atoms with Gasteiger partial charge in [0, 0.05) is 25.0 Å². The van der Waals surface area contributed by atoms with Crippen LogP contribution in [0.1, 0.15) is 22.3 Å². The number of hydrogen-bond acceptors (Lipinski definition) is 4. The smallest absolute Gasteiger partial charge is 0.264 e. The molecule has 0 aromatic heterocycles. The van der Waals surface area contributed by atoms with Crippen molar-refractivity contribution in [1.29, 1.82) is 0 Å². The highest BCUT2D eigenvalue weighted by Crippen LogP contribution is 2.29. The number of sulfonamides is 1. The molecule has 42 heavy (non-hydrogen) atoms. The normalized spacial score (nSPS) is 11.9. The zero-order chi connectivity index (χ0) is 30.3. The summed E-state index contributed by atoms with van der Waals surface area (Å²) < 4.78 is 29.1. The van der Waals surface area contributed by atoms with Gasteiger partial charge in [-0.15, -0.1) is 0 Å². The number of nitrogens with zero attached hydrogens (tertiary/aromatic N) is 2. The average molecular weight is 604 g/mol. The van der Waals surface area contributed by atoms with Gasteiger partial charge in [-0.1, -0.05) is 90.0 Å². The van der Waals surface area contributed by atoms with Crippen molar-refractivity contribution in [3.05, 3.63) is 130 Å². The van der Waals surface area contributed by atoms with Crippen LogP contribution in [0.4, 0.5) is 5.69 Å². The van der Waals surface area contributed by atoms with E-state index in [0.29, 0.717) is 16.3 Å². The standard InChI is InChI=1S/C33H34ClN3O4S/c1-24-11-10-14-27(19-24)22-36(31(33(39)35-3)21-26-12-6-4-7-13-26)32(38)23-37(30-18-17-28(34)20-25(30)2)42(40,41)29-15-8-5-9-16-29/h4-20,31H,21-23H2,1-3H3,(H,35,39)/t31-/m0/s1. The molecule has 1 N–H and O–H groups in total. The van der Waals surface area contributed by atoms with Gasteiger partial charge < -0.3 is 10.2 Å². The fourth-order valence-electron chi connectivity index (χ4n) is 4.86. The maximum Gasteiger partial charge on any atom is 0.264 e. The number of rotatable bonds is 11. The first-order valence-corrected chi connectivity index (χ1v) is 15.4. The topological polar surface area (TPSA) is 86.8 Å². The molecule has 0 aliphatic rings. The lowest BCUT2D eigenvalue weighted by Crippen LogP contribution is -2.53. The highest BCUT2D eigenvalue weighted by Gasteiger charge is 2.34. The maximum absolute atomic E-state index is 14.3. The van der Waals surface area contributed by atoms with E-state index in [2.05, 4.69) is 5.32 Å². The molecule has 0 unspecified atom stereocenters. The predicted octanol–water partition coefficient (Wildman–Crippen LogP) is 5.54. The van der Waals surface area contributed by atoms with Crippen molar-refractivity contribution in [2.45, 2.75) is 37.8 Å². The van der Waals surface area contributed by atoms with Crippen molar-refractivity contribution in [3.63, 3.8) is 0 Å². The Balaban J connectivity index is 1.81. The van der Waals surface area contributed by atoms with Gasteiger partial charge in [-0.05, 0) is 60.9 Å². The number of carbonyl (C=O) groups excluding carboxylic acids is 2. The minimum Gasteiger partial charge on any atom is -0.357 e. The Morgan fingerprint density at radius 1 is 0.833 bits per heavy atom. The SMILES string of the molecule is CNC(=O)[C@H](Cc1ccccc1)N(Cc1cccc(C)c1)C(=O)CN(c1ccc(Cl)cc1C)S(=O)(=O)c1ccccc1. The van der Waals surface area contributed by atoms with Gasteiger partial charge in [-0.25, -0.2) is 8.42 Å². The Labute approximate surface area is 252 Å². The first kappa shape index (κ1) is 30.8. The van der Waals surface area contributed by atoms with E-state index in [9.17, 15) is 18.0 Å². The summed E-state index contributed by atoms with van der Waals surface area (Å²) in [6.45, 7) is 3.29. The summed E-state index contributed by atoms with van der Waals surface area (Å²) in [5, 5.41) is 3.14. The van der Waals surface area contributed by atoms with E-state index in [1.54, 1.807) is 43.3 Å². The van der Waals surface area contributed by atoms with Crippen LogP contribution in [0.15, 0.2) is 108 Å². The zero-order valence-corrected chi connectivity index (χ0v) is 25.4. The summed E-state index contributed by atoms with van der Waals surface area (Å²) in [6, 6.07) is 29.0. The van der Waals surface area contributed by atoms with Crippen molar-refractivity contribution in [1.82, 2.24) is 10.2 Å². The van der Waals surface area contributed by atoms with Gasteiger partial charge >= 0.3 is 0 Å². The fourth-order valence-corrected chi connectivity index (χ4v) is 6.59. The van der Waals surface area contributed by atoms with Gasteiger partial charge in [0.25, 0.3) is 10.0 Å². The maximum atomic E-state index is 14.3. The van der Waals surface area contributed by atoms with Crippen LogP contribution < -0.4 is 9.62 Å². The second-order valence-corrected chi connectivity index (χ2v) is 12.4. The number of anilines is 1. The Hall–Kier alpha value is -4.14. The van der Waals surface area contributed by atoms with Crippen LogP contribution in [0.5, 0.6) is 0 Å². The molecule has 1 atom stereocenters. The van der Waals surface area contributed by atoms with Crippen LogP contribution in [0.2, 0.25) is 5.02 Å². The van der Waals surface area contributed by atoms with E-state index in [-0.39, 0.29) is 23.8 Å². The summed E-state index contributed by atoms with van der Waals surface area (Å²) >= 11 is 6.19. The van der Waals surface area contributed by atoms with Crippen LogP contribution in [0, 0.1) is 13.8 Å². The highest BCUT2D eigenvalue weighted by atomic mass is 35.5. The third-order valence-corrected chi connectivity index (χ3v) is 9.00. The largest absolute Gasteiger partial charge is 0.357 e. The molecule has 0 aliphatic carbocycles. The second kappa shape index (κ2) is 13.7. The molecule has 0 fully saturated rings. The number of benzene rings is 4. The number of aryl methyl sites for hydroxylation is 2. The molecule has 0 aliphatic heterocycles. The van der Waals surface area contributed by atoms with E-state index in [1.807, 2.05) is 61.5 Å². The summed E-state index contributed by atoms with van der Waals surface area (Å²) in [4.78, 5) is 29.2. The fraction of sp³-hybridized carbons (Fsp3) is 0.212. The molecule has 0 saturated carbocycles. The predicted molar refractivity (Wildman–Crippen MR) is 167 cm³/mol. The lowest BCUT2D eigenvalue weighted by molar-refractivity contribution is -0.139. The minimum atomic E-state index is -4.17. The zero-order valence-electron chi connectivity index (χ0n) is 23.8. The highest BCUT2D eigenvalue weighted by molar-refractivity contribution is 7.92. The number of nitrogens with one attached hydrogen (secondary N) is 1. The summed E-state index contributed by atoms with van der Waals surface area (Å²) in [5.74, 6) is -0.866. The third-order valence-electron chi connectivity index (χ3n) is 6.99. The molecule has 4 aromatic rings. The van der Waals surface area contributed by atoms with E-state index < -0.39 is 28.5 Å². The number of carbonyl (C=O) groups is 2. The van der Waals surface area contributed by atoms with E-state index in [4.69, 9.17) is 11.6 Å². The van der Waals surface area contributed by atoms with Gasteiger partial charge in [-0.3, -0.25) is 13.9 Å². The lowest BCUT2D eigenvalue weighted by Gasteiger charge is -2.34. The van der Waals surface area contributed by atoms with E-state index in [0.717, 1.165) is 21.0 Å². The number of halogens is 1. The number of likely N-dealkylation sites (N-methyl/N-ethyl adjacent to an activating group) is 1. The van der Waals surface area contributed by atoms with Gasteiger partial charge in [0.15, 0.2) is 0 Å². The van der Waals surface area contributed by atoms with E-state index >= 15 is 0 Å². The van der Waals surface area contributed by atoms with Crippen LogP contribution in [0.25, 0.3) is 0 Å². The van der Waals surface area contributed by atoms with Crippen LogP contribution >= 0.6 is 11.6 Å². The Morgan fingerprint density at radius 3 is 2.10 bits per heavy atom. The first-order chi connectivity index (χ1) is 20.1. The van der Waals surface area contributed by atoms with Gasteiger partial charge in [0.2, 0.25) is 11.8 Å². The Bertz CT molecular complexity index is 1650. The lowest BCUT2D eigenvalue weighted by atomic mass is 10.0. The molecular weight excluding hydrogens is 570 g/mol. The summed E-state index contributed by atoms with van der Waals surface area (Å²) in [7, 11) is -2.64. The van der Waals surface area contributed by atoms with Gasteiger partial charge in [0.05, 0.1) is 10.6 Å². The van der Waals surface area contributed by atoms with Crippen molar-refractivity contribution >= 4 is 39.1 Å².